The third kappa shape index (κ3) is 2.96. The molecule has 1 rings (SSSR count). The normalized spacial score (nSPS) is 29.4. The molecule has 0 aromatic carbocycles. The lowest BCUT2D eigenvalue weighted by Crippen LogP contribution is -2.45. The molecular weight excluding hydrogens is 174 g/mol. The highest BCUT2D eigenvalue weighted by atomic mass is 16.5. The van der Waals surface area contributed by atoms with Crippen molar-refractivity contribution < 1.29 is 4.74 Å². The summed E-state index contributed by atoms with van der Waals surface area (Å²) in [6.45, 7) is 13.1. The maximum absolute atomic E-state index is 5.66. The molecule has 0 saturated carbocycles. The first-order valence-electron chi connectivity index (χ1n) is 5.74. The minimum atomic E-state index is 0.219. The lowest BCUT2D eigenvalue weighted by molar-refractivity contribution is 0.0811. The highest BCUT2D eigenvalue weighted by molar-refractivity contribution is 5.02. The Hall–Kier alpha value is -0.0800. The predicted octanol–water partition coefficient (Wildman–Crippen LogP) is 2.58. The van der Waals surface area contributed by atoms with Gasteiger partial charge in [0.1, 0.15) is 0 Å². The van der Waals surface area contributed by atoms with E-state index < -0.39 is 0 Å². The second-order valence-electron chi connectivity index (χ2n) is 5.71. The molecule has 1 unspecified atom stereocenters. The molecule has 0 radical (unpaired) electrons. The molecule has 1 N–H and O–H groups in total. The Morgan fingerprint density at radius 3 is 2.36 bits per heavy atom. The van der Waals surface area contributed by atoms with Crippen LogP contribution in [0.2, 0.25) is 0 Å². The van der Waals surface area contributed by atoms with Gasteiger partial charge in [0.15, 0.2) is 0 Å². The van der Waals surface area contributed by atoms with Crippen LogP contribution in [0.15, 0.2) is 0 Å². The Kier molecular flexibility index (Phi) is 3.59. The van der Waals surface area contributed by atoms with Gasteiger partial charge in [-0.15, -0.1) is 0 Å². The molecule has 1 saturated heterocycles. The number of nitrogens with one attached hydrogen (secondary N) is 1. The van der Waals surface area contributed by atoms with E-state index in [1.807, 2.05) is 0 Å². The molecule has 1 fully saturated rings. The molecule has 0 aromatic heterocycles. The Labute approximate surface area is 88.4 Å². The summed E-state index contributed by atoms with van der Waals surface area (Å²) >= 11 is 0. The Morgan fingerprint density at radius 1 is 1.29 bits per heavy atom. The van der Waals surface area contributed by atoms with Crippen LogP contribution >= 0.6 is 0 Å². The van der Waals surface area contributed by atoms with Crippen molar-refractivity contribution in [3.63, 3.8) is 0 Å². The third-order valence-electron chi connectivity index (χ3n) is 3.11. The summed E-state index contributed by atoms with van der Waals surface area (Å²) < 4.78 is 5.66. The minimum Gasteiger partial charge on any atom is -0.381 e. The largest absolute Gasteiger partial charge is 0.381 e. The highest BCUT2D eigenvalue weighted by Crippen LogP contribution is 2.35. The standard InChI is InChI=1S/C12H25NO/c1-6-7-14-9-10-8-11(2,3)13-12(10,4)5/h10,13H,6-9H2,1-5H3. The van der Waals surface area contributed by atoms with Crippen molar-refractivity contribution in [3.05, 3.63) is 0 Å². The van der Waals surface area contributed by atoms with E-state index in [2.05, 4.69) is 39.9 Å². The topological polar surface area (TPSA) is 21.3 Å². The van der Waals surface area contributed by atoms with Crippen LogP contribution in [0.4, 0.5) is 0 Å². The van der Waals surface area contributed by atoms with Gasteiger partial charge in [0.25, 0.3) is 0 Å². The SMILES string of the molecule is CCCOCC1CC(C)(C)NC1(C)C. The van der Waals surface area contributed by atoms with Crippen molar-refractivity contribution in [3.8, 4) is 0 Å². The predicted molar refractivity (Wildman–Crippen MR) is 60.5 cm³/mol. The fourth-order valence-corrected chi connectivity index (χ4v) is 2.53. The molecule has 14 heavy (non-hydrogen) atoms. The molecule has 0 spiro atoms. The van der Waals surface area contributed by atoms with Crippen LogP contribution in [0.3, 0.4) is 0 Å². The first kappa shape index (κ1) is 12.0. The van der Waals surface area contributed by atoms with Crippen LogP contribution in [-0.4, -0.2) is 24.3 Å². The van der Waals surface area contributed by atoms with E-state index >= 15 is 0 Å². The number of ether oxygens (including phenoxy) is 1. The van der Waals surface area contributed by atoms with Crippen molar-refractivity contribution in [2.45, 2.75) is 58.5 Å². The summed E-state index contributed by atoms with van der Waals surface area (Å²) in [5.74, 6) is 0.643. The van der Waals surface area contributed by atoms with Crippen LogP contribution in [0.25, 0.3) is 0 Å². The lowest BCUT2D eigenvalue weighted by Gasteiger charge is -2.28. The quantitative estimate of drug-likeness (QED) is 0.703. The van der Waals surface area contributed by atoms with Gasteiger partial charge >= 0.3 is 0 Å². The second kappa shape index (κ2) is 4.19. The third-order valence-corrected chi connectivity index (χ3v) is 3.11. The molecule has 1 heterocycles. The number of hydrogen-bond donors (Lipinski definition) is 1. The maximum atomic E-state index is 5.66. The summed E-state index contributed by atoms with van der Waals surface area (Å²) in [7, 11) is 0. The van der Waals surface area contributed by atoms with E-state index in [1.165, 1.54) is 6.42 Å². The second-order valence-corrected chi connectivity index (χ2v) is 5.71. The molecule has 84 valence electrons. The molecule has 2 nitrogen and oxygen atoms in total. The van der Waals surface area contributed by atoms with Gasteiger partial charge in [-0.3, -0.25) is 0 Å². The molecule has 2 heteroatoms. The molecule has 0 aliphatic carbocycles. The van der Waals surface area contributed by atoms with Crippen molar-refractivity contribution in [1.82, 2.24) is 5.32 Å². The summed E-state index contributed by atoms with van der Waals surface area (Å²) in [6, 6.07) is 0. The fraction of sp³-hybridized carbons (Fsp3) is 1.00. The Bertz CT molecular complexity index is 187. The van der Waals surface area contributed by atoms with Crippen molar-refractivity contribution >= 4 is 0 Å². The lowest BCUT2D eigenvalue weighted by atomic mass is 9.88. The summed E-state index contributed by atoms with van der Waals surface area (Å²) in [6.07, 6.45) is 2.33. The number of rotatable bonds is 4. The van der Waals surface area contributed by atoms with Crippen molar-refractivity contribution in [1.29, 1.82) is 0 Å². The average molecular weight is 199 g/mol. The minimum absolute atomic E-state index is 0.219. The molecule has 0 amide bonds. The van der Waals surface area contributed by atoms with Crippen LogP contribution in [0, 0.1) is 5.92 Å². The van der Waals surface area contributed by atoms with E-state index in [1.54, 1.807) is 0 Å². The van der Waals surface area contributed by atoms with Gasteiger partial charge < -0.3 is 10.1 Å². The summed E-state index contributed by atoms with van der Waals surface area (Å²) in [5.41, 5.74) is 0.487. The van der Waals surface area contributed by atoms with Gasteiger partial charge in [-0.25, -0.2) is 0 Å². The number of hydrogen-bond acceptors (Lipinski definition) is 2. The smallest absolute Gasteiger partial charge is 0.0512 e. The van der Waals surface area contributed by atoms with Crippen LogP contribution in [0.5, 0.6) is 0 Å². The molecular formula is C12H25NO. The first-order valence-corrected chi connectivity index (χ1v) is 5.74. The maximum Gasteiger partial charge on any atom is 0.0512 e. The molecule has 1 aliphatic heterocycles. The first-order chi connectivity index (χ1) is 6.37. The zero-order valence-corrected chi connectivity index (χ0v) is 10.3. The van der Waals surface area contributed by atoms with E-state index in [-0.39, 0.29) is 11.1 Å². The van der Waals surface area contributed by atoms with Crippen LogP contribution < -0.4 is 5.32 Å². The highest BCUT2D eigenvalue weighted by Gasteiger charge is 2.43. The van der Waals surface area contributed by atoms with Gasteiger partial charge in [-0.05, 0) is 40.5 Å². The fourth-order valence-electron chi connectivity index (χ4n) is 2.53. The molecule has 0 bridgehead atoms. The van der Waals surface area contributed by atoms with E-state index in [9.17, 15) is 0 Å². The van der Waals surface area contributed by atoms with Crippen molar-refractivity contribution in [2.75, 3.05) is 13.2 Å². The van der Waals surface area contributed by atoms with Crippen LogP contribution in [-0.2, 0) is 4.74 Å². The average Bonchev–Trinajstić information content (AvgIpc) is 2.20. The van der Waals surface area contributed by atoms with Gasteiger partial charge in [-0.1, -0.05) is 6.92 Å². The molecule has 0 aromatic rings. The van der Waals surface area contributed by atoms with Gasteiger partial charge in [0.05, 0.1) is 6.61 Å². The van der Waals surface area contributed by atoms with Crippen molar-refractivity contribution in [2.24, 2.45) is 5.92 Å². The molecule has 1 aliphatic rings. The van der Waals surface area contributed by atoms with E-state index in [0.29, 0.717) is 5.92 Å². The summed E-state index contributed by atoms with van der Waals surface area (Å²) in [5, 5.41) is 3.67. The van der Waals surface area contributed by atoms with Gasteiger partial charge in [0.2, 0.25) is 0 Å². The zero-order chi connectivity index (χ0) is 10.8. The van der Waals surface area contributed by atoms with Gasteiger partial charge in [0, 0.05) is 23.6 Å². The zero-order valence-electron chi connectivity index (χ0n) is 10.3. The Morgan fingerprint density at radius 2 is 1.93 bits per heavy atom. The Balaban J connectivity index is 2.44. The molecule has 1 atom stereocenters. The monoisotopic (exact) mass is 199 g/mol. The van der Waals surface area contributed by atoms with E-state index in [4.69, 9.17) is 4.74 Å². The van der Waals surface area contributed by atoms with Gasteiger partial charge in [-0.2, -0.15) is 0 Å². The summed E-state index contributed by atoms with van der Waals surface area (Å²) in [4.78, 5) is 0. The van der Waals surface area contributed by atoms with Crippen LogP contribution in [0.1, 0.15) is 47.5 Å². The van der Waals surface area contributed by atoms with E-state index in [0.717, 1.165) is 19.6 Å².